The Bertz CT molecular complexity index is 1580. The number of benzene rings is 1. The number of hydrogen-bond acceptors (Lipinski definition) is 12. The van der Waals surface area contributed by atoms with E-state index < -0.39 is 71.7 Å². The van der Waals surface area contributed by atoms with Crippen molar-refractivity contribution in [1.82, 2.24) is 15.5 Å². The van der Waals surface area contributed by atoms with Gasteiger partial charge in [0.15, 0.2) is 29.8 Å². The number of ketones is 1. The van der Waals surface area contributed by atoms with E-state index in [2.05, 4.69) is 15.5 Å². The van der Waals surface area contributed by atoms with E-state index in [-0.39, 0.29) is 61.4 Å². The van der Waals surface area contributed by atoms with E-state index in [1.54, 1.807) is 12.1 Å². The summed E-state index contributed by atoms with van der Waals surface area (Å²) in [4.78, 5) is 74.8. The second-order valence-electron chi connectivity index (χ2n) is 13.2. The lowest BCUT2D eigenvalue weighted by atomic mass is 9.45. The Morgan fingerprint density at radius 2 is 1.63 bits per heavy atom. The number of hydrogen-bond donors (Lipinski definition) is 7. The number of aliphatic carboxylic acids is 2. The first kappa shape index (κ1) is 35.8. The van der Waals surface area contributed by atoms with E-state index in [9.17, 15) is 44.1 Å². The highest BCUT2D eigenvalue weighted by molar-refractivity contribution is 5.85. The number of carboxylic acids is 2. The van der Waals surface area contributed by atoms with Crippen LogP contribution in [0.1, 0.15) is 62.5 Å². The second-order valence-corrected chi connectivity index (χ2v) is 13.2. The van der Waals surface area contributed by atoms with Crippen molar-refractivity contribution in [3.05, 3.63) is 35.1 Å². The summed E-state index contributed by atoms with van der Waals surface area (Å²) < 4.78 is 12.3. The summed E-state index contributed by atoms with van der Waals surface area (Å²) in [6.45, 7) is 0.495. The van der Waals surface area contributed by atoms with Crippen LogP contribution in [0.25, 0.3) is 0 Å². The average Bonchev–Trinajstić information content (AvgIpc) is 3.37. The SMILES string of the molecule is CN1CCC[C@]23c4c5ccc(O)c4O[C@H]2C(OC(=O)CCNC(=O)C[C@H](O)C(=O)O)=CC[C@@]3(CC(=O)CCNC(=O)C[C@H](O)C(=O)O)[C@H]1C5. The third kappa shape index (κ3) is 6.72. The molecule has 1 aromatic carbocycles. The quantitative estimate of drug-likeness (QED) is 0.115. The average molecular weight is 688 g/mol. The number of phenolic OH excluding ortho intramolecular Hbond substituents is 1. The summed E-state index contributed by atoms with van der Waals surface area (Å²) in [6, 6.07) is 3.28. The molecule has 1 aromatic rings. The van der Waals surface area contributed by atoms with Crippen LogP contribution in [0.3, 0.4) is 0 Å². The van der Waals surface area contributed by atoms with Gasteiger partial charge in [-0.3, -0.25) is 19.2 Å². The number of aliphatic hydroxyl groups is 2. The van der Waals surface area contributed by atoms with Gasteiger partial charge < -0.3 is 50.5 Å². The molecule has 2 aliphatic carbocycles. The Morgan fingerprint density at radius 3 is 2.27 bits per heavy atom. The third-order valence-electron chi connectivity index (χ3n) is 10.3. The highest BCUT2D eigenvalue weighted by Gasteiger charge is 2.71. The van der Waals surface area contributed by atoms with Crippen molar-refractivity contribution >= 4 is 35.5 Å². The van der Waals surface area contributed by atoms with E-state index >= 15 is 0 Å². The summed E-state index contributed by atoms with van der Waals surface area (Å²) in [5.41, 5.74) is 0.115. The van der Waals surface area contributed by atoms with Crippen molar-refractivity contribution in [3.63, 3.8) is 0 Å². The molecule has 0 aromatic heterocycles. The minimum Gasteiger partial charge on any atom is -0.504 e. The zero-order valence-corrected chi connectivity index (χ0v) is 27.0. The highest BCUT2D eigenvalue weighted by atomic mass is 16.6. The number of aromatic hydroxyl groups is 1. The topological polar surface area (TPSA) is 249 Å². The Balaban J connectivity index is 1.39. The Labute approximate surface area is 281 Å². The van der Waals surface area contributed by atoms with Crippen LogP contribution in [-0.4, -0.2) is 117 Å². The van der Waals surface area contributed by atoms with Crippen LogP contribution < -0.4 is 15.4 Å². The van der Waals surface area contributed by atoms with Gasteiger partial charge in [-0.2, -0.15) is 0 Å². The first-order valence-electron chi connectivity index (χ1n) is 16.2. The van der Waals surface area contributed by atoms with Gasteiger partial charge in [-0.25, -0.2) is 9.59 Å². The number of carbonyl (C=O) groups excluding carboxylic acids is 4. The number of likely N-dealkylation sites (N-methyl/N-ethyl adjacent to an activating group) is 1. The number of nitrogens with one attached hydrogen (secondary N) is 2. The lowest BCUT2D eigenvalue weighted by Gasteiger charge is -2.59. The number of ether oxygens (including phenoxy) is 2. The molecule has 2 heterocycles. The van der Waals surface area contributed by atoms with Gasteiger partial charge in [-0.1, -0.05) is 6.07 Å². The molecule has 1 spiro atoms. The Morgan fingerprint density at radius 1 is 1.00 bits per heavy atom. The number of esters is 1. The van der Waals surface area contributed by atoms with Crippen LogP contribution in [0, 0.1) is 5.41 Å². The molecule has 2 aliphatic heterocycles. The minimum atomic E-state index is -1.87. The van der Waals surface area contributed by atoms with Crippen molar-refractivity contribution < 1.29 is 63.8 Å². The lowest BCUT2D eigenvalue weighted by molar-refractivity contribution is -0.149. The first-order chi connectivity index (χ1) is 23.2. The van der Waals surface area contributed by atoms with Gasteiger partial charge >= 0.3 is 17.9 Å². The fraction of sp³-hybridized carbons (Fsp3) is 0.576. The summed E-state index contributed by atoms with van der Waals surface area (Å²) in [6.07, 6.45) is -2.23. The van der Waals surface area contributed by atoms with Crippen molar-refractivity contribution in [1.29, 1.82) is 0 Å². The molecular weight excluding hydrogens is 646 g/mol. The molecule has 0 unspecified atom stereocenters. The molecule has 4 aliphatic rings. The fourth-order valence-corrected chi connectivity index (χ4v) is 8.19. The van der Waals surface area contributed by atoms with Crippen LogP contribution in [0.4, 0.5) is 0 Å². The Hall–Kier alpha value is -4.54. The third-order valence-corrected chi connectivity index (χ3v) is 10.3. The summed E-state index contributed by atoms with van der Waals surface area (Å²) in [5, 5.41) is 52.3. The van der Waals surface area contributed by atoms with Crippen molar-refractivity contribution in [2.24, 2.45) is 5.41 Å². The van der Waals surface area contributed by atoms with Gasteiger partial charge in [0.1, 0.15) is 11.5 Å². The standard InChI is InChI=1S/C33H41N3O13/c1-36-12-2-8-33-27-17-3-4-19(38)28(27)49-29(33)22(48-26(43)7-11-35-25(42)15-21(40)31(46)47)5-9-32(33,23(36)13-17)16-18(37)6-10-34-24(41)14-20(39)30(44)45/h3-5,20-21,23,29,38-40H,2,6-16H2,1H3,(H,34,41)(H,35,42)(H,44,45)(H,46,47)/t20-,21-,23+,29-,32+,33-/m0/s1. The molecule has 2 amide bonds. The summed E-state index contributed by atoms with van der Waals surface area (Å²) >= 11 is 0. The van der Waals surface area contributed by atoms with Crippen molar-refractivity contribution in [3.8, 4) is 11.5 Å². The predicted molar refractivity (Wildman–Crippen MR) is 166 cm³/mol. The maximum atomic E-state index is 13.8. The Kier molecular flexibility index (Phi) is 10.3. The van der Waals surface area contributed by atoms with Crippen molar-refractivity contribution in [2.75, 3.05) is 26.7 Å². The second kappa shape index (κ2) is 14.1. The number of likely N-dealkylation sites (tertiary alicyclic amines) is 1. The molecule has 0 radical (unpaired) electrons. The van der Waals surface area contributed by atoms with Gasteiger partial charge in [0.05, 0.1) is 24.7 Å². The number of nitrogens with zero attached hydrogens (tertiary/aromatic N) is 1. The fourth-order valence-electron chi connectivity index (χ4n) is 8.19. The van der Waals surface area contributed by atoms with Crippen LogP contribution in [-0.2, 0) is 45.3 Å². The van der Waals surface area contributed by atoms with E-state index in [0.29, 0.717) is 19.3 Å². The molecule has 49 heavy (non-hydrogen) atoms. The lowest BCUT2D eigenvalue weighted by Crippen LogP contribution is -2.65. The summed E-state index contributed by atoms with van der Waals surface area (Å²) in [7, 11) is 2.00. The van der Waals surface area contributed by atoms with Crippen LogP contribution >= 0.6 is 0 Å². The van der Waals surface area contributed by atoms with Gasteiger partial charge in [0.2, 0.25) is 11.8 Å². The number of aliphatic hydroxyl groups excluding tert-OH is 2. The number of phenols is 1. The van der Waals surface area contributed by atoms with Crippen LogP contribution in [0.15, 0.2) is 24.0 Å². The zero-order chi connectivity index (χ0) is 35.7. The molecule has 5 rings (SSSR count). The normalized spacial score (nSPS) is 26.1. The minimum absolute atomic E-state index is 0.0464. The zero-order valence-electron chi connectivity index (χ0n) is 27.0. The molecular formula is C33H41N3O13. The van der Waals surface area contributed by atoms with E-state index in [0.717, 1.165) is 24.1 Å². The summed E-state index contributed by atoms with van der Waals surface area (Å²) in [5.74, 6) is -4.96. The molecule has 16 heteroatoms. The number of amides is 2. The number of rotatable bonds is 15. The highest BCUT2D eigenvalue weighted by Crippen LogP contribution is 2.69. The molecule has 1 fully saturated rings. The van der Waals surface area contributed by atoms with Gasteiger partial charge in [-0.05, 0) is 57.0 Å². The molecule has 1 saturated heterocycles. The predicted octanol–water partition coefficient (Wildman–Crippen LogP) is -0.498. The van der Waals surface area contributed by atoms with Crippen molar-refractivity contribution in [2.45, 2.75) is 87.6 Å². The first-order valence-corrected chi connectivity index (χ1v) is 16.2. The molecule has 0 saturated carbocycles. The van der Waals surface area contributed by atoms with E-state index in [4.69, 9.17) is 19.7 Å². The van der Waals surface area contributed by atoms with E-state index in [1.807, 2.05) is 13.1 Å². The maximum absolute atomic E-state index is 13.8. The maximum Gasteiger partial charge on any atom is 0.333 e. The molecule has 7 N–H and O–H groups in total. The van der Waals surface area contributed by atoms with Crippen LogP contribution in [0.5, 0.6) is 11.5 Å². The number of Topliss-reactive ketones (excluding diaryl/α,β-unsaturated/α-hetero) is 1. The van der Waals surface area contributed by atoms with Gasteiger partial charge in [0.25, 0.3) is 0 Å². The molecule has 16 nitrogen and oxygen atoms in total. The van der Waals surface area contributed by atoms with E-state index in [1.165, 1.54) is 0 Å². The van der Waals surface area contributed by atoms with Crippen LogP contribution in [0.2, 0.25) is 0 Å². The molecule has 6 atom stereocenters. The monoisotopic (exact) mass is 687 g/mol. The number of carbonyl (C=O) groups is 6. The molecule has 266 valence electrons. The largest absolute Gasteiger partial charge is 0.504 e. The van der Waals surface area contributed by atoms with Gasteiger partial charge in [-0.15, -0.1) is 0 Å². The smallest absolute Gasteiger partial charge is 0.333 e. The number of carboxylic acid groups (broad SMARTS) is 2. The van der Waals surface area contributed by atoms with Gasteiger partial charge in [0, 0.05) is 43.0 Å². The molecule has 2 bridgehead atoms. The number of allylic oxidation sites excluding steroid dienone is 1.